The minimum atomic E-state index is -0.150. The SMILES string of the molecule is Cc1ccc([C@H]2c3[nH]c4ccccc4c3CCN2C(=O)Nc2ccc(C)c(C)c2)cc1. The normalized spacial score (nSPS) is 15.7. The first-order chi connectivity index (χ1) is 15.0. The molecule has 4 aromatic rings. The molecule has 1 aromatic heterocycles. The molecule has 0 fully saturated rings. The summed E-state index contributed by atoms with van der Waals surface area (Å²) in [5, 5.41) is 4.38. The van der Waals surface area contributed by atoms with Crippen LogP contribution in [0.1, 0.15) is 39.6 Å². The molecular weight excluding hydrogens is 382 g/mol. The van der Waals surface area contributed by atoms with Crippen LogP contribution in [0.3, 0.4) is 0 Å². The Labute approximate surface area is 182 Å². The molecule has 3 aromatic carbocycles. The van der Waals surface area contributed by atoms with E-state index in [-0.39, 0.29) is 12.1 Å². The zero-order valence-electron chi connectivity index (χ0n) is 18.2. The summed E-state index contributed by atoms with van der Waals surface area (Å²) in [6, 6.07) is 22.7. The maximum absolute atomic E-state index is 13.4. The van der Waals surface area contributed by atoms with E-state index in [1.165, 1.54) is 27.6 Å². The van der Waals surface area contributed by atoms with E-state index in [0.29, 0.717) is 6.54 Å². The van der Waals surface area contributed by atoms with Gasteiger partial charge in [0, 0.05) is 28.8 Å². The second-order valence-electron chi connectivity index (χ2n) is 8.55. The van der Waals surface area contributed by atoms with E-state index in [0.717, 1.165) is 28.9 Å². The molecule has 2 amide bonds. The molecule has 0 aliphatic carbocycles. The number of aromatic amines is 1. The lowest BCUT2D eigenvalue weighted by Gasteiger charge is -2.36. The molecule has 156 valence electrons. The van der Waals surface area contributed by atoms with E-state index in [1.54, 1.807) is 0 Å². The number of hydrogen-bond acceptors (Lipinski definition) is 1. The van der Waals surface area contributed by atoms with Crippen LogP contribution in [0, 0.1) is 20.8 Å². The highest BCUT2D eigenvalue weighted by molar-refractivity contribution is 5.91. The molecule has 2 heterocycles. The molecule has 0 saturated heterocycles. The number of nitrogens with one attached hydrogen (secondary N) is 2. The number of nitrogens with zero attached hydrogens (tertiary/aromatic N) is 1. The molecule has 0 radical (unpaired) electrons. The topological polar surface area (TPSA) is 48.1 Å². The van der Waals surface area contributed by atoms with Gasteiger partial charge in [-0.2, -0.15) is 0 Å². The van der Waals surface area contributed by atoms with Gasteiger partial charge in [0.2, 0.25) is 0 Å². The second-order valence-corrected chi connectivity index (χ2v) is 8.55. The first-order valence-electron chi connectivity index (χ1n) is 10.8. The van der Waals surface area contributed by atoms with Crippen molar-refractivity contribution >= 4 is 22.6 Å². The number of rotatable bonds is 2. The number of carbonyl (C=O) groups excluding carboxylic acids is 1. The lowest BCUT2D eigenvalue weighted by molar-refractivity contribution is 0.193. The van der Waals surface area contributed by atoms with Gasteiger partial charge in [-0.15, -0.1) is 0 Å². The molecule has 1 aliphatic rings. The molecule has 2 N–H and O–H groups in total. The number of aromatic nitrogens is 1. The van der Waals surface area contributed by atoms with Crippen LogP contribution in [0.15, 0.2) is 66.7 Å². The Kier molecular flexibility index (Phi) is 4.78. The lowest BCUT2D eigenvalue weighted by Crippen LogP contribution is -2.43. The van der Waals surface area contributed by atoms with Gasteiger partial charge in [0.15, 0.2) is 0 Å². The Bertz CT molecular complexity index is 1270. The number of hydrogen-bond donors (Lipinski definition) is 2. The molecule has 5 rings (SSSR count). The third kappa shape index (κ3) is 3.48. The number of carbonyl (C=O) groups is 1. The van der Waals surface area contributed by atoms with E-state index in [4.69, 9.17) is 0 Å². The predicted octanol–water partition coefficient (Wildman–Crippen LogP) is 6.27. The van der Waals surface area contributed by atoms with Crippen LogP contribution in [0.5, 0.6) is 0 Å². The van der Waals surface area contributed by atoms with Crippen molar-refractivity contribution in [1.29, 1.82) is 0 Å². The van der Waals surface area contributed by atoms with Crippen LogP contribution in [0.4, 0.5) is 10.5 Å². The number of urea groups is 1. The number of fused-ring (bicyclic) bond motifs is 3. The summed E-state index contributed by atoms with van der Waals surface area (Å²) in [6.07, 6.45) is 0.835. The smallest absolute Gasteiger partial charge is 0.322 e. The molecule has 0 bridgehead atoms. The largest absolute Gasteiger partial charge is 0.356 e. The highest BCUT2D eigenvalue weighted by atomic mass is 16.2. The highest BCUT2D eigenvalue weighted by Gasteiger charge is 2.34. The van der Waals surface area contributed by atoms with Crippen molar-refractivity contribution in [3.8, 4) is 0 Å². The Morgan fingerprint density at radius 1 is 0.968 bits per heavy atom. The number of benzene rings is 3. The standard InChI is InChI=1S/C27H27N3O/c1-17-8-11-20(12-9-17)26-25-23(22-6-4-5-7-24(22)29-25)14-15-30(26)27(31)28-21-13-10-18(2)19(3)16-21/h4-13,16,26,29H,14-15H2,1-3H3,(H,28,31)/t26-/m0/s1. The average Bonchev–Trinajstić information content (AvgIpc) is 3.15. The Hall–Kier alpha value is -3.53. The van der Waals surface area contributed by atoms with Gasteiger partial charge in [-0.1, -0.05) is 54.1 Å². The minimum Gasteiger partial charge on any atom is -0.356 e. The molecule has 1 atom stereocenters. The highest BCUT2D eigenvalue weighted by Crippen LogP contribution is 2.38. The third-order valence-electron chi connectivity index (χ3n) is 6.45. The minimum absolute atomic E-state index is 0.0712. The summed E-state index contributed by atoms with van der Waals surface area (Å²) in [5.41, 5.74) is 9.11. The Morgan fingerprint density at radius 2 is 1.74 bits per heavy atom. The summed E-state index contributed by atoms with van der Waals surface area (Å²) in [7, 11) is 0. The fourth-order valence-corrected chi connectivity index (χ4v) is 4.57. The molecule has 4 heteroatoms. The van der Waals surface area contributed by atoms with Crippen LogP contribution in [-0.2, 0) is 6.42 Å². The maximum Gasteiger partial charge on any atom is 0.322 e. The monoisotopic (exact) mass is 409 g/mol. The Balaban J connectivity index is 1.56. The van der Waals surface area contributed by atoms with E-state index < -0.39 is 0 Å². The van der Waals surface area contributed by atoms with Crippen LogP contribution < -0.4 is 5.32 Å². The fourth-order valence-electron chi connectivity index (χ4n) is 4.57. The van der Waals surface area contributed by atoms with Gasteiger partial charge in [0.25, 0.3) is 0 Å². The van der Waals surface area contributed by atoms with Crippen LogP contribution in [0.2, 0.25) is 0 Å². The molecule has 1 aliphatic heterocycles. The van der Waals surface area contributed by atoms with Crippen molar-refractivity contribution in [3.63, 3.8) is 0 Å². The van der Waals surface area contributed by atoms with E-state index in [9.17, 15) is 4.79 Å². The van der Waals surface area contributed by atoms with Crippen molar-refractivity contribution in [1.82, 2.24) is 9.88 Å². The van der Waals surface area contributed by atoms with Crippen molar-refractivity contribution in [3.05, 3.63) is 100 Å². The number of amides is 2. The molecule has 31 heavy (non-hydrogen) atoms. The van der Waals surface area contributed by atoms with Gasteiger partial charge in [-0.05, 0) is 67.6 Å². The summed E-state index contributed by atoms with van der Waals surface area (Å²) in [5.74, 6) is 0. The summed E-state index contributed by atoms with van der Waals surface area (Å²) < 4.78 is 0. The molecule has 0 spiro atoms. The number of H-pyrrole nitrogens is 1. The predicted molar refractivity (Wildman–Crippen MR) is 127 cm³/mol. The average molecular weight is 410 g/mol. The van der Waals surface area contributed by atoms with Gasteiger partial charge < -0.3 is 15.2 Å². The molecule has 4 nitrogen and oxygen atoms in total. The summed E-state index contributed by atoms with van der Waals surface area (Å²) in [4.78, 5) is 19.0. The summed E-state index contributed by atoms with van der Waals surface area (Å²) in [6.45, 7) is 6.90. The van der Waals surface area contributed by atoms with Crippen molar-refractivity contribution in [2.75, 3.05) is 11.9 Å². The first kappa shape index (κ1) is 19.4. The number of aryl methyl sites for hydroxylation is 3. The lowest BCUT2D eigenvalue weighted by atomic mass is 9.92. The van der Waals surface area contributed by atoms with Crippen molar-refractivity contribution in [2.45, 2.75) is 33.2 Å². The molecular formula is C27H27N3O. The number of para-hydroxylation sites is 1. The number of anilines is 1. The van der Waals surface area contributed by atoms with Gasteiger partial charge in [0.1, 0.15) is 0 Å². The summed E-state index contributed by atoms with van der Waals surface area (Å²) >= 11 is 0. The van der Waals surface area contributed by atoms with Crippen LogP contribution >= 0.6 is 0 Å². The quantitative estimate of drug-likeness (QED) is 0.402. The van der Waals surface area contributed by atoms with E-state index in [1.807, 2.05) is 17.0 Å². The first-order valence-corrected chi connectivity index (χ1v) is 10.8. The van der Waals surface area contributed by atoms with E-state index in [2.05, 4.69) is 85.7 Å². The van der Waals surface area contributed by atoms with Gasteiger partial charge in [0.05, 0.1) is 6.04 Å². The van der Waals surface area contributed by atoms with Crippen LogP contribution in [-0.4, -0.2) is 22.5 Å². The molecule has 0 unspecified atom stereocenters. The van der Waals surface area contributed by atoms with Gasteiger partial charge >= 0.3 is 6.03 Å². The Morgan fingerprint density at radius 3 is 2.52 bits per heavy atom. The van der Waals surface area contributed by atoms with Gasteiger partial charge in [-0.25, -0.2) is 4.79 Å². The zero-order chi connectivity index (χ0) is 21.5. The van der Waals surface area contributed by atoms with Crippen LogP contribution in [0.25, 0.3) is 10.9 Å². The van der Waals surface area contributed by atoms with E-state index >= 15 is 0 Å². The maximum atomic E-state index is 13.4. The van der Waals surface area contributed by atoms with Crippen molar-refractivity contribution < 1.29 is 4.79 Å². The van der Waals surface area contributed by atoms with Crippen molar-refractivity contribution in [2.24, 2.45) is 0 Å². The third-order valence-corrected chi connectivity index (χ3v) is 6.45. The molecule has 0 saturated carbocycles. The second kappa shape index (κ2) is 7.62. The van der Waals surface area contributed by atoms with Gasteiger partial charge in [-0.3, -0.25) is 0 Å². The zero-order valence-corrected chi connectivity index (χ0v) is 18.2. The fraction of sp³-hybridized carbons (Fsp3) is 0.222.